The summed E-state index contributed by atoms with van der Waals surface area (Å²) in [5.74, 6) is -9.79. The van der Waals surface area contributed by atoms with Gasteiger partial charge in [0.05, 0.1) is 12.2 Å². The van der Waals surface area contributed by atoms with Crippen LogP contribution < -0.4 is 0 Å². The number of carbonyl (C=O) groups excluding carboxylic acids is 4. The Hall–Kier alpha value is -2.68. The SMILES string of the molecule is C[C@@H]1CC2C3CC(F)=C4CC(=O)C=C[C@]4(C)[C@@]3(F)[C@@H](O)C[C@]2(C)[C@@]1(O)C(=O)O[C@]1(C(=O)SCF)[C@H](C)CC2C3CC(F)=C4CC(=O)C=C[C@]4(C)[C@@]3(F)[C@@H](O)C[C@@]21C. The fraction of sp³-hybridized carbons (Fsp3) is 0.721. The highest BCUT2D eigenvalue weighted by Crippen LogP contribution is 2.74. The lowest BCUT2D eigenvalue weighted by Gasteiger charge is -2.63. The van der Waals surface area contributed by atoms with Crippen LogP contribution in [0.4, 0.5) is 22.0 Å². The first-order valence-corrected chi connectivity index (χ1v) is 21.0. The first kappa shape index (κ1) is 41.1. The second kappa shape index (κ2) is 12.4. The van der Waals surface area contributed by atoms with Crippen LogP contribution in [0.25, 0.3) is 0 Å². The van der Waals surface area contributed by atoms with Crippen molar-refractivity contribution >= 4 is 34.4 Å². The van der Waals surface area contributed by atoms with E-state index in [2.05, 4.69) is 0 Å². The third kappa shape index (κ3) is 4.57. The van der Waals surface area contributed by atoms with E-state index in [4.69, 9.17) is 4.74 Å². The quantitative estimate of drug-likeness (QED) is 0.202. The zero-order valence-corrected chi connectivity index (χ0v) is 33.8. The van der Waals surface area contributed by atoms with Crippen LogP contribution in [0.1, 0.15) is 92.9 Å². The third-order valence-electron chi connectivity index (χ3n) is 17.5. The standard InChI is InChI=1S/C43H51F5O8S/c1-20-11-24-26-15-30(45)28-13-22(49)7-9-36(28,3)40(26,47)32(51)17-38(24,5)42(20,55)34(53)56-43(35(54)57-19-44)21(2)12-25-27-16-31(46)29-14-23(50)8-10-37(29,4)41(27,48)33(52)18-39(25,43)6/h7-10,20-21,24-27,32-33,51-52,55H,11-19H2,1-6H3/t20-,21-,24?,25?,26?,27?,32+,33+,36+,37+,38+,39+,40+,41+,42+,43+/m1/s1. The predicted molar refractivity (Wildman–Crippen MR) is 198 cm³/mol. The molecule has 8 aliphatic carbocycles. The summed E-state index contributed by atoms with van der Waals surface area (Å²) in [5, 5.41) is 35.7. The second-order valence-electron chi connectivity index (χ2n) is 19.5. The number of ether oxygens (including phenoxy) is 1. The Kier molecular flexibility index (Phi) is 8.96. The molecule has 0 radical (unpaired) electrons. The average Bonchev–Trinajstić information content (AvgIpc) is 3.48. The zero-order chi connectivity index (χ0) is 41.8. The van der Waals surface area contributed by atoms with Gasteiger partial charge in [-0.05, 0) is 92.3 Å². The maximum absolute atomic E-state index is 18.0. The van der Waals surface area contributed by atoms with Crippen molar-refractivity contribution in [1.29, 1.82) is 0 Å². The van der Waals surface area contributed by atoms with E-state index in [-0.39, 0.29) is 48.6 Å². The molecule has 0 heterocycles. The van der Waals surface area contributed by atoms with Gasteiger partial charge in [0.25, 0.3) is 0 Å². The van der Waals surface area contributed by atoms with Crippen LogP contribution >= 0.6 is 11.8 Å². The number of alkyl halides is 3. The summed E-state index contributed by atoms with van der Waals surface area (Å²) in [7, 11) is 0. The Morgan fingerprint density at radius 2 is 1.21 bits per heavy atom. The molecule has 0 aromatic heterocycles. The first-order valence-electron chi connectivity index (χ1n) is 20.0. The smallest absolute Gasteiger partial charge is 0.340 e. The molecule has 0 spiro atoms. The van der Waals surface area contributed by atoms with Crippen molar-refractivity contribution < 1.29 is 61.2 Å². The lowest BCUT2D eigenvalue weighted by atomic mass is 9.45. The summed E-state index contributed by atoms with van der Waals surface area (Å²) in [6, 6.07) is -1.23. The van der Waals surface area contributed by atoms with E-state index in [1.165, 1.54) is 45.1 Å². The minimum Gasteiger partial charge on any atom is -0.447 e. The van der Waals surface area contributed by atoms with E-state index < -0.39 is 158 Å². The number of fused-ring (bicyclic) bond motifs is 10. The molecule has 4 saturated carbocycles. The summed E-state index contributed by atoms with van der Waals surface area (Å²) in [4.78, 5) is 54.2. The van der Waals surface area contributed by atoms with Crippen LogP contribution in [-0.2, 0) is 23.9 Å². The summed E-state index contributed by atoms with van der Waals surface area (Å²) in [5.41, 5.74) is -16.6. The highest BCUT2D eigenvalue weighted by molar-refractivity contribution is 8.13. The molecule has 8 nitrogen and oxygen atoms in total. The predicted octanol–water partition coefficient (Wildman–Crippen LogP) is 7.01. The average molecular weight is 823 g/mol. The fourth-order valence-electron chi connectivity index (χ4n) is 14.5. The largest absolute Gasteiger partial charge is 0.447 e. The van der Waals surface area contributed by atoms with Crippen LogP contribution in [0, 0.1) is 57.2 Å². The van der Waals surface area contributed by atoms with Crippen LogP contribution in [0.5, 0.6) is 0 Å². The number of rotatable bonds is 4. The number of aliphatic hydroxyl groups is 3. The molecule has 8 rings (SSSR count). The first-order chi connectivity index (χ1) is 26.4. The molecule has 3 N–H and O–H groups in total. The van der Waals surface area contributed by atoms with Crippen LogP contribution in [0.2, 0.25) is 0 Å². The number of halogens is 5. The van der Waals surface area contributed by atoms with Gasteiger partial charge in [0.2, 0.25) is 5.12 Å². The molecule has 57 heavy (non-hydrogen) atoms. The van der Waals surface area contributed by atoms with Gasteiger partial charge in [-0.1, -0.05) is 39.8 Å². The van der Waals surface area contributed by atoms with E-state index in [9.17, 15) is 34.1 Å². The van der Waals surface area contributed by atoms with Gasteiger partial charge < -0.3 is 20.1 Å². The monoisotopic (exact) mass is 822 g/mol. The van der Waals surface area contributed by atoms with Crippen molar-refractivity contribution in [3.05, 3.63) is 47.1 Å². The van der Waals surface area contributed by atoms with Crippen molar-refractivity contribution in [3.8, 4) is 0 Å². The summed E-state index contributed by atoms with van der Waals surface area (Å²) < 4.78 is 88.6. The minimum atomic E-state index is -2.51. The van der Waals surface area contributed by atoms with E-state index >= 15 is 22.4 Å². The molecule has 0 bridgehead atoms. The Labute approximate surface area is 332 Å². The summed E-state index contributed by atoms with van der Waals surface area (Å²) in [6.07, 6.45) is -1.40. The van der Waals surface area contributed by atoms with E-state index in [0.717, 1.165) is 0 Å². The number of hydrogen-bond acceptors (Lipinski definition) is 9. The van der Waals surface area contributed by atoms with Crippen LogP contribution in [0.15, 0.2) is 47.1 Å². The molecule has 0 aromatic rings. The van der Waals surface area contributed by atoms with Crippen molar-refractivity contribution in [2.45, 2.75) is 128 Å². The Morgan fingerprint density at radius 3 is 1.68 bits per heavy atom. The molecule has 4 unspecified atom stereocenters. The number of ketones is 2. The van der Waals surface area contributed by atoms with Gasteiger partial charge >= 0.3 is 5.97 Å². The van der Waals surface area contributed by atoms with Gasteiger partial charge in [-0.25, -0.2) is 26.7 Å². The van der Waals surface area contributed by atoms with Crippen molar-refractivity contribution in [3.63, 3.8) is 0 Å². The maximum Gasteiger partial charge on any atom is 0.340 e. The van der Waals surface area contributed by atoms with Gasteiger partial charge in [0.15, 0.2) is 34.1 Å². The van der Waals surface area contributed by atoms with Gasteiger partial charge in [0, 0.05) is 65.1 Å². The van der Waals surface area contributed by atoms with Gasteiger partial charge in [-0.3, -0.25) is 14.4 Å². The Morgan fingerprint density at radius 1 is 0.772 bits per heavy atom. The Bertz CT molecular complexity index is 2000. The topological polar surface area (TPSA) is 138 Å². The number of allylic oxidation sites excluding steroid dienone is 8. The summed E-state index contributed by atoms with van der Waals surface area (Å²) in [6.45, 7) is 9.07. The molecule has 0 aliphatic heterocycles. The number of esters is 1. The molecule has 16 atom stereocenters. The molecule has 312 valence electrons. The zero-order valence-electron chi connectivity index (χ0n) is 33.0. The van der Waals surface area contributed by atoms with Crippen molar-refractivity contribution in [2.75, 3.05) is 6.01 Å². The molecule has 4 fully saturated rings. The lowest BCUT2D eigenvalue weighted by molar-refractivity contribution is -0.247. The number of carbonyl (C=O) groups is 4. The minimum absolute atomic E-state index is 0.00414. The molecule has 0 amide bonds. The fourth-order valence-corrected chi connectivity index (χ4v) is 15.3. The van der Waals surface area contributed by atoms with Gasteiger partial charge in [0.1, 0.15) is 17.7 Å². The lowest BCUT2D eigenvalue weighted by Crippen LogP contribution is -2.71. The summed E-state index contributed by atoms with van der Waals surface area (Å²) >= 11 is 0.226. The van der Waals surface area contributed by atoms with Crippen LogP contribution in [0.3, 0.4) is 0 Å². The highest BCUT2D eigenvalue weighted by Gasteiger charge is 2.81. The second-order valence-corrected chi connectivity index (χ2v) is 20.4. The molecular formula is C43H51F5O8S. The van der Waals surface area contributed by atoms with Gasteiger partial charge in [-0.15, -0.1) is 0 Å². The van der Waals surface area contributed by atoms with E-state index in [1.807, 2.05) is 0 Å². The molecule has 0 aromatic carbocycles. The van der Waals surface area contributed by atoms with Crippen molar-refractivity contribution in [1.82, 2.24) is 0 Å². The number of aliphatic hydroxyl groups excluding tert-OH is 2. The highest BCUT2D eigenvalue weighted by atomic mass is 32.2. The normalized spacial score (nSPS) is 52.5. The molecular weight excluding hydrogens is 772 g/mol. The molecule has 14 heteroatoms. The van der Waals surface area contributed by atoms with Crippen molar-refractivity contribution in [2.24, 2.45) is 57.2 Å². The number of hydrogen-bond donors (Lipinski definition) is 3. The maximum atomic E-state index is 18.0. The van der Waals surface area contributed by atoms with Gasteiger partial charge in [-0.2, -0.15) is 0 Å². The number of thioether (sulfide) groups is 1. The molecule has 0 saturated heterocycles. The van der Waals surface area contributed by atoms with E-state index in [0.29, 0.717) is 0 Å². The third-order valence-corrected chi connectivity index (χ3v) is 18.2. The molecule has 8 aliphatic rings. The Balaban J connectivity index is 1.20. The van der Waals surface area contributed by atoms with Crippen LogP contribution in [-0.4, -0.2) is 78.7 Å². The van der Waals surface area contributed by atoms with E-state index in [1.54, 1.807) is 20.8 Å².